The van der Waals surface area contributed by atoms with Gasteiger partial charge in [0.1, 0.15) is 0 Å². The summed E-state index contributed by atoms with van der Waals surface area (Å²) in [7, 11) is 0. The zero-order chi connectivity index (χ0) is 5.11. The molecule has 1 aliphatic heterocycles. The van der Waals surface area contributed by atoms with Gasteiger partial charge in [-0.3, -0.25) is 10.1 Å². The molecule has 1 saturated heterocycles. The minimum absolute atomic E-state index is 0.0405. The minimum atomic E-state index is 0.0405. The number of rotatable bonds is 0. The molecule has 38 valence electrons. The third-order valence-corrected chi connectivity index (χ3v) is 0.767. The summed E-state index contributed by atoms with van der Waals surface area (Å²) in [6, 6.07) is 0. The van der Waals surface area contributed by atoms with Crippen molar-refractivity contribution in [2.75, 3.05) is 6.54 Å². The van der Waals surface area contributed by atoms with E-state index in [1.54, 1.807) is 0 Å². The van der Waals surface area contributed by atoms with Crippen LogP contribution in [0.25, 0.3) is 0 Å². The van der Waals surface area contributed by atoms with Gasteiger partial charge in [-0.25, -0.2) is 0 Å². The maximum Gasteiger partial charge on any atom is 0.222 e. The largest absolute Gasteiger partial charge is 0.331 e. The summed E-state index contributed by atoms with van der Waals surface area (Å²) < 4.78 is 0. The number of carbonyl (C=O) groups excluding carboxylic acids is 1. The molecule has 0 aromatic rings. The van der Waals surface area contributed by atoms with E-state index in [9.17, 15) is 4.79 Å². The molecule has 0 aromatic carbocycles. The summed E-state index contributed by atoms with van der Waals surface area (Å²) in [5.74, 6) is 0.0405. The molecule has 0 unspecified atom stereocenters. The van der Waals surface area contributed by atoms with Crippen LogP contribution in [-0.4, -0.2) is 12.5 Å². The molecule has 1 heterocycles. The maximum absolute atomic E-state index is 10.2. The molecule has 2 N–H and O–H groups in total. The maximum atomic E-state index is 10.2. The van der Waals surface area contributed by atoms with Gasteiger partial charge in [0.2, 0.25) is 5.91 Å². The number of amides is 1. The molecule has 7 heavy (non-hydrogen) atoms. The van der Waals surface area contributed by atoms with Crippen molar-refractivity contribution in [3.05, 3.63) is 6.67 Å². The van der Waals surface area contributed by atoms with E-state index in [1.807, 2.05) is 0 Å². The topological polar surface area (TPSA) is 41.1 Å². The van der Waals surface area contributed by atoms with Crippen LogP contribution in [0.1, 0.15) is 6.42 Å². The smallest absolute Gasteiger partial charge is 0.222 e. The zero-order valence-corrected chi connectivity index (χ0v) is 3.82. The van der Waals surface area contributed by atoms with E-state index in [4.69, 9.17) is 0 Å². The lowest BCUT2D eigenvalue weighted by Crippen LogP contribution is -2.36. The van der Waals surface area contributed by atoms with Crippen molar-refractivity contribution in [2.24, 2.45) is 0 Å². The number of hydrogen-bond acceptors (Lipinski definition) is 2. The first-order chi connectivity index (χ1) is 3.39. The first kappa shape index (κ1) is 4.59. The minimum Gasteiger partial charge on any atom is -0.331 e. The van der Waals surface area contributed by atoms with Gasteiger partial charge in [-0.1, -0.05) is 0 Å². The Morgan fingerprint density at radius 3 is 2.86 bits per heavy atom. The van der Waals surface area contributed by atoms with Gasteiger partial charge in [-0.15, -0.1) is 0 Å². The first-order valence-corrected chi connectivity index (χ1v) is 2.16. The average molecular weight is 98.1 g/mol. The Hall–Kier alpha value is -0.570. The quantitative estimate of drug-likeness (QED) is 0.412. The predicted octanol–water partition coefficient (Wildman–Crippen LogP) is -0.908. The lowest BCUT2D eigenvalue weighted by molar-refractivity contribution is -0.121. The Kier molecular flexibility index (Phi) is 1.26. The van der Waals surface area contributed by atoms with Gasteiger partial charge in [-0.05, 0) is 0 Å². The summed E-state index contributed by atoms with van der Waals surface area (Å²) in [4.78, 5) is 10.2. The van der Waals surface area contributed by atoms with E-state index in [1.165, 1.54) is 0 Å². The van der Waals surface area contributed by atoms with E-state index in [-0.39, 0.29) is 5.91 Å². The van der Waals surface area contributed by atoms with Gasteiger partial charge >= 0.3 is 0 Å². The molecule has 1 rings (SSSR count). The van der Waals surface area contributed by atoms with Crippen LogP contribution in [0.15, 0.2) is 0 Å². The molecule has 3 heteroatoms. The molecule has 1 aliphatic rings. The third kappa shape index (κ3) is 1.16. The SMILES string of the molecule is O=C1CCN[C]N1. The Bertz CT molecular complexity index is 73.8. The summed E-state index contributed by atoms with van der Waals surface area (Å²) in [6.07, 6.45) is 0.562. The van der Waals surface area contributed by atoms with Crippen molar-refractivity contribution in [3.63, 3.8) is 0 Å². The summed E-state index contributed by atoms with van der Waals surface area (Å²) in [6.45, 7) is 3.20. The number of carbonyl (C=O) groups is 1. The Morgan fingerprint density at radius 2 is 2.57 bits per heavy atom. The Labute approximate surface area is 42.1 Å². The molecular formula is C4H6N2O. The molecule has 0 aromatic heterocycles. The molecular weight excluding hydrogens is 92.1 g/mol. The van der Waals surface area contributed by atoms with Crippen LogP contribution in [-0.2, 0) is 4.79 Å². The fraction of sp³-hybridized carbons (Fsp3) is 0.500. The normalized spacial score (nSPS) is 21.4. The van der Waals surface area contributed by atoms with Crippen LogP contribution >= 0.6 is 0 Å². The van der Waals surface area contributed by atoms with Gasteiger partial charge in [0, 0.05) is 13.0 Å². The van der Waals surface area contributed by atoms with Gasteiger partial charge in [-0.2, -0.15) is 0 Å². The molecule has 0 bridgehead atoms. The van der Waals surface area contributed by atoms with Crippen LogP contribution in [0.2, 0.25) is 0 Å². The van der Waals surface area contributed by atoms with Gasteiger partial charge < -0.3 is 5.32 Å². The molecule has 0 saturated carbocycles. The van der Waals surface area contributed by atoms with Crippen molar-refractivity contribution < 1.29 is 4.79 Å². The predicted molar refractivity (Wildman–Crippen MR) is 24.0 cm³/mol. The van der Waals surface area contributed by atoms with E-state index < -0.39 is 0 Å². The van der Waals surface area contributed by atoms with E-state index >= 15 is 0 Å². The number of hydrogen-bond donors (Lipinski definition) is 2. The van der Waals surface area contributed by atoms with E-state index in [0.717, 1.165) is 0 Å². The van der Waals surface area contributed by atoms with Crippen LogP contribution in [0.4, 0.5) is 0 Å². The first-order valence-electron chi connectivity index (χ1n) is 2.16. The van der Waals surface area contributed by atoms with Crippen molar-refractivity contribution >= 4 is 5.91 Å². The van der Waals surface area contributed by atoms with Crippen LogP contribution in [0.5, 0.6) is 0 Å². The molecule has 0 atom stereocenters. The lowest BCUT2D eigenvalue weighted by atomic mass is 10.4. The standard InChI is InChI=1S/C4H6N2O/c7-4-1-2-5-3-6-4/h5H,1-2H2,(H,6,7). The molecule has 3 nitrogen and oxygen atoms in total. The summed E-state index contributed by atoms with van der Waals surface area (Å²) in [5, 5.41) is 5.12. The third-order valence-electron chi connectivity index (χ3n) is 0.767. The van der Waals surface area contributed by atoms with Crippen molar-refractivity contribution in [3.8, 4) is 0 Å². The average Bonchev–Trinajstić information content (AvgIpc) is 1.69. The summed E-state index contributed by atoms with van der Waals surface area (Å²) >= 11 is 0. The van der Waals surface area contributed by atoms with Gasteiger partial charge in [0.15, 0.2) is 6.67 Å². The highest BCUT2D eigenvalue weighted by atomic mass is 16.1. The monoisotopic (exact) mass is 98.0 g/mol. The van der Waals surface area contributed by atoms with Gasteiger partial charge in [0.05, 0.1) is 0 Å². The van der Waals surface area contributed by atoms with Crippen LogP contribution in [0, 0.1) is 6.67 Å². The molecule has 2 radical (unpaired) electrons. The zero-order valence-electron chi connectivity index (χ0n) is 3.82. The van der Waals surface area contributed by atoms with Crippen molar-refractivity contribution in [1.82, 2.24) is 10.6 Å². The highest BCUT2D eigenvalue weighted by Gasteiger charge is 2.04. The van der Waals surface area contributed by atoms with Crippen LogP contribution < -0.4 is 10.6 Å². The molecule has 1 amide bonds. The highest BCUT2D eigenvalue weighted by Crippen LogP contribution is 1.82. The van der Waals surface area contributed by atoms with Gasteiger partial charge in [0.25, 0.3) is 0 Å². The van der Waals surface area contributed by atoms with E-state index in [2.05, 4.69) is 17.3 Å². The van der Waals surface area contributed by atoms with Crippen molar-refractivity contribution in [1.29, 1.82) is 0 Å². The summed E-state index contributed by atoms with van der Waals surface area (Å²) in [5.41, 5.74) is 0. The Morgan fingerprint density at radius 1 is 1.71 bits per heavy atom. The van der Waals surface area contributed by atoms with Crippen LogP contribution in [0.3, 0.4) is 0 Å². The second-order valence-electron chi connectivity index (χ2n) is 1.35. The lowest BCUT2D eigenvalue weighted by Gasteiger charge is -2.09. The fourth-order valence-corrected chi connectivity index (χ4v) is 0.415. The molecule has 0 aliphatic carbocycles. The highest BCUT2D eigenvalue weighted by molar-refractivity contribution is 5.77. The number of nitrogens with one attached hydrogen (secondary N) is 2. The fourth-order valence-electron chi connectivity index (χ4n) is 0.415. The second-order valence-corrected chi connectivity index (χ2v) is 1.35. The second kappa shape index (κ2) is 1.93. The van der Waals surface area contributed by atoms with E-state index in [0.29, 0.717) is 13.0 Å². The van der Waals surface area contributed by atoms with Crippen molar-refractivity contribution in [2.45, 2.75) is 6.42 Å². The Balaban J connectivity index is 2.25. The molecule has 0 spiro atoms. The molecule has 1 fully saturated rings.